The number of nitrogens with zero attached hydrogens (tertiary/aromatic N) is 4. The van der Waals surface area contributed by atoms with Gasteiger partial charge in [-0.2, -0.15) is 0 Å². The molecule has 3 rings (SSSR count). The molecule has 2 aliphatic rings. The minimum Gasteiger partial charge on any atom is -0.378 e. The average Bonchev–Trinajstić information content (AvgIpc) is 2.78. The van der Waals surface area contributed by atoms with E-state index in [4.69, 9.17) is 9.73 Å². The zero-order valence-electron chi connectivity index (χ0n) is 19.5. The number of rotatable bonds is 6. The summed E-state index contributed by atoms with van der Waals surface area (Å²) in [6, 6.07) is 6.76. The van der Waals surface area contributed by atoms with Gasteiger partial charge in [0.15, 0.2) is 5.96 Å². The van der Waals surface area contributed by atoms with E-state index < -0.39 is 0 Å². The van der Waals surface area contributed by atoms with E-state index in [-0.39, 0.29) is 41.1 Å². The number of hydrogen-bond acceptors (Lipinski definition) is 4. The lowest BCUT2D eigenvalue weighted by Crippen LogP contribution is -2.55. The largest absolute Gasteiger partial charge is 0.378 e. The fourth-order valence-corrected chi connectivity index (χ4v) is 3.92. The first-order valence-electron chi connectivity index (χ1n) is 11.3. The number of carbonyl (C=O) groups is 1. The summed E-state index contributed by atoms with van der Waals surface area (Å²) in [6.45, 7) is 14.0. The fraction of sp³-hybridized carbons (Fsp3) is 0.652. The fourth-order valence-electron chi connectivity index (χ4n) is 3.92. The zero-order valence-corrected chi connectivity index (χ0v) is 21.8. The highest BCUT2D eigenvalue weighted by atomic mass is 127. The Morgan fingerprint density at radius 3 is 2.44 bits per heavy atom. The third-order valence-corrected chi connectivity index (χ3v) is 5.96. The zero-order chi connectivity index (χ0) is 22.3. The third-order valence-electron chi connectivity index (χ3n) is 5.96. The van der Waals surface area contributed by atoms with Gasteiger partial charge in [-0.25, -0.2) is 4.39 Å². The summed E-state index contributed by atoms with van der Waals surface area (Å²) in [7, 11) is 0. The first-order chi connectivity index (χ1) is 14.9. The van der Waals surface area contributed by atoms with Crippen molar-refractivity contribution < 1.29 is 13.9 Å². The van der Waals surface area contributed by atoms with Crippen LogP contribution in [0.1, 0.15) is 26.3 Å². The average molecular weight is 561 g/mol. The number of amides is 1. The number of nitrogens with one attached hydrogen (secondary N) is 1. The highest BCUT2D eigenvalue weighted by Crippen LogP contribution is 2.24. The van der Waals surface area contributed by atoms with Crippen LogP contribution in [0.25, 0.3) is 0 Å². The van der Waals surface area contributed by atoms with E-state index in [9.17, 15) is 9.18 Å². The van der Waals surface area contributed by atoms with Crippen LogP contribution in [0, 0.1) is 5.82 Å². The molecular formula is C23H37FIN5O2. The van der Waals surface area contributed by atoms with Crippen LogP contribution < -0.4 is 5.32 Å². The van der Waals surface area contributed by atoms with Crippen molar-refractivity contribution in [1.29, 1.82) is 0 Å². The van der Waals surface area contributed by atoms with E-state index in [1.807, 2.05) is 11.0 Å². The number of hydrogen-bond donors (Lipinski definition) is 1. The molecule has 1 aromatic carbocycles. The quantitative estimate of drug-likeness (QED) is 0.328. The Balaban J connectivity index is 0.00000363. The number of ether oxygens (including phenoxy) is 1. The van der Waals surface area contributed by atoms with Crippen molar-refractivity contribution in [3.05, 3.63) is 35.6 Å². The van der Waals surface area contributed by atoms with Gasteiger partial charge in [0.1, 0.15) is 5.82 Å². The second kappa shape index (κ2) is 12.7. The number of guanidine groups is 1. The summed E-state index contributed by atoms with van der Waals surface area (Å²) in [5.74, 6) is 0.851. The SMILES string of the molecule is CCNC(=NCC(C)(C)c1cccc(F)c1)N1CCN(CC(=O)N2CCOCC2)CC1.I. The second-order valence-corrected chi connectivity index (χ2v) is 8.82. The van der Waals surface area contributed by atoms with Crippen molar-refractivity contribution >= 4 is 35.8 Å². The molecule has 2 heterocycles. The minimum absolute atomic E-state index is 0. The first kappa shape index (κ1) is 26.8. The molecule has 2 aliphatic heterocycles. The lowest BCUT2D eigenvalue weighted by atomic mass is 9.85. The Bertz CT molecular complexity index is 763. The molecule has 7 nitrogen and oxygen atoms in total. The van der Waals surface area contributed by atoms with E-state index in [0.717, 1.165) is 44.2 Å². The molecule has 2 fully saturated rings. The van der Waals surface area contributed by atoms with E-state index in [1.165, 1.54) is 6.07 Å². The third kappa shape index (κ3) is 7.55. The Kier molecular flexibility index (Phi) is 10.6. The predicted octanol–water partition coefficient (Wildman–Crippen LogP) is 2.16. The number of aliphatic imine (C=N–C) groups is 1. The maximum absolute atomic E-state index is 13.7. The van der Waals surface area contributed by atoms with Crippen molar-refractivity contribution in [3.8, 4) is 0 Å². The summed E-state index contributed by atoms with van der Waals surface area (Å²) in [6.07, 6.45) is 0. The van der Waals surface area contributed by atoms with Gasteiger partial charge >= 0.3 is 0 Å². The molecule has 0 aliphatic carbocycles. The van der Waals surface area contributed by atoms with Crippen LogP contribution in [0.2, 0.25) is 0 Å². The van der Waals surface area contributed by atoms with Crippen molar-refractivity contribution in [2.24, 2.45) is 4.99 Å². The number of carbonyl (C=O) groups excluding carboxylic acids is 1. The highest BCUT2D eigenvalue weighted by Gasteiger charge is 2.25. The number of halogens is 2. The molecule has 0 unspecified atom stereocenters. The first-order valence-corrected chi connectivity index (χ1v) is 11.3. The molecule has 0 spiro atoms. The molecule has 32 heavy (non-hydrogen) atoms. The molecule has 0 aromatic heterocycles. The maximum atomic E-state index is 13.7. The van der Waals surface area contributed by atoms with Gasteiger partial charge in [-0.15, -0.1) is 24.0 Å². The normalized spacial score (nSPS) is 18.3. The Hall–Kier alpha value is -1.46. The van der Waals surface area contributed by atoms with Crippen molar-refractivity contribution in [2.75, 3.05) is 72.1 Å². The summed E-state index contributed by atoms with van der Waals surface area (Å²) >= 11 is 0. The molecule has 180 valence electrons. The summed E-state index contributed by atoms with van der Waals surface area (Å²) in [5, 5.41) is 3.39. The summed E-state index contributed by atoms with van der Waals surface area (Å²) < 4.78 is 19.0. The van der Waals surface area contributed by atoms with Gasteiger partial charge in [-0.3, -0.25) is 14.7 Å². The molecular weight excluding hydrogens is 524 g/mol. The van der Waals surface area contributed by atoms with Crippen molar-refractivity contribution in [3.63, 3.8) is 0 Å². The van der Waals surface area contributed by atoms with Gasteiger partial charge in [0.2, 0.25) is 5.91 Å². The van der Waals surface area contributed by atoms with Crippen molar-refractivity contribution in [1.82, 2.24) is 20.0 Å². The molecule has 9 heteroatoms. The van der Waals surface area contributed by atoms with Gasteiger partial charge in [-0.05, 0) is 24.6 Å². The number of morpholine rings is 1. The van der Waals surface area contributed by atoms with Crippen LogP contribution in [-0.2, 0) is 14.9 Å². The monoisotopic (exact) mass is 561 g/mol. The van der Waals surface area contributed by atoms with Gasteiger partial charge in [0.25, 0.3) is 0 Å². The van der Waals surface area contributed by atoms with Crippen LogP contribution in [0.15, 0.2) is 29.3 Å². The van der Waals surface area contributed by atoms with Gasteiger partial charge in [0, 0.05) is 51.2 Å². The predicted molar refractivity (Wildman–Crippen MR) is 136 cm³/mol. The van der Waals surface area contributed by atoms with E-state index in [1.54, 1.807) is 12.1 Å². The highest BCUT2D eigenvalue weighted by molar-refractivity contribution is 14.0. The minimum atomic E-state index is -0.269. The number of benzene rings is 1. The molecule has 2 saturated heterocycles. The molecule has 1 aromatic rings. The van der Waals surface area contributed by atoms with E-state index >= 15 is 0 Å². The van der Waals surface area contributed by atoms with E-state index in [2.05, 4.69) is 35.9 Å². The topological polar surface area (TPSA) is 60.4 Å². The molecule has 0 radical (unpaired) electrons. The Labute approximate surface area is 208 Å². The van der Waals surface area contributed by atoms with Crippen LogP contribution in [0.3, 0.4) is 0 Å². The maximum Gasteiger partial charge on any atom is 0.236 e. The van der Waals surface area contributed by atoms with Gasteiger partial charge in [-0.1, -0.05) is 26.0 Å². The Morgan fingerprint density at radius 1 is 1.12 bits per heavy atom. The standard InChI is InChI=1S/C23H36FN5O2.HI/c1-4-25-22(26-18-23(2,3)19-6-5-7-20(24)16-19)29-10-8-27(9-11-29)17-21(30)28-12-14-31-15-13-28;/h5-7,16H,4,8-15,17-18H2,1-3H3,(H,25,26);1H. The van der Waals surface area contributed by atoms with Crippen LogP contribution in [0.5, 0.6) is 0 Å². The number of piperazine rings is 1. The van der Waals surface area contributed by atoms with Gasteiger partial charge in [0.05, 0.1) is 26.3 Å². The molecule has 0 atom stereocenters. The van der Waals surface area contributed by atoms with Crippen molar-refractivity contribution in [2.45, 2.75) is 26.2 Å². The smallest absolute Gasteiger partial charge is 0.236 e. The molecule has 1 amide bonds. The molecule has 1 N–H and O–H groups in total. The van der Waals surface area contributed by atoms with E-state index in [0.29, 0.717) is 39.4 Å². The van der Waals surface area contributed by atoms with Crippen LogP contribution in [-0.4, -0.2) is 98.7 Å². The Morgan fingerprint density at radius 2 is 1.81 bits per heavy atom. The van der Waals surface area contributed by atoms with Crippen LogP contribution >= 0.6 is 24.0 Å². The molecule has 0 saturated carbocycles. The molecule has 0 bridgehead atoms. The van der Waals surface area contributed by atoms with Crippen LogP contribution in [0.4, 0.5) is 4.39 Å². The summed E-state index contributed by atoms with van der Waals surface area (Å²) in [5.41, 5.74) is 0.674. The summed E-state index contributed by atoms with van der Waals surface area (Å²) in [4.78, 5) is 23.8. The lowest BCUT2D eigenvalue weighted by molar-refractivity contribution is -0.136. The lowest BCUT2D eigenvalue weighted by Gasteiger charge is -2.37. The van der Waals surface area contributed by atoms with Gasteiger partial charge < -0.3 is 19.9 Å². The second-order valence-electron chi connectivity index (χ2n) is 8.82.